The van der Waals surface area contributed by atoms with Gasteiger partial charge in [-0.25, -0.2) is 0 Å². The largest absolute Gasteiger partial charge is 0.461 e. The minimum Gasteiger partial charge on any atom is -0.403 e. The van der Waals surface area contributed by atoms with Crippen molar-refractivity contribution in [2.45, 2.75) is 57.1 Å². The van der Waals surface area contributed by atoms with Crippen LogP contribution < -0.4 is 0 Å². The highest BCUT2D eigenvalue weighted by Crippen LogP contribution is 2.58. The molecule has 1 aromatic rings. The Balaban J connectivity index is 1.72. The van der Waals surface area contributed by atoms with Crippen LogP contribution in [0, 0.1) is 0 Å². The molecule has 19 heavy (non-hydrogen) atoms. The van der Waals surface area contributed by atoms with Crippen LogP contribution in [-0.4, -0.2) is 23.3 Å². The van der Waals surface area contributed by atoms with E-state index in [-0.39, 0.29) is 18.3 Å². The molecule has 1 saturated heterocycles. The Kier molecular flexibility index (Phi) is 2.97. The zero-order valence-electron chi connectivity index (χ0n) is 11.8. The molecule has 0 spiro atoms. The predicted octanol–water partition coefficient (Wildman–Crippen LogP) is 3.68. The molecular weight excluding hydrogens is 260 g/mol. The van der Waals surface area contributed by atoms with Gasteiger partial charge in [0.2, 0.25) is 0 Å². The van der Waals surface area contributed by atoms with Gasteiger partial charge in [-0.05, 0) is 51.7 Å². The maximum atomic E-state index is 6.09. The number of hydrogen-bond acceptors (Lipinski definition) is 3. The maximum Gasteiger partial charge on any atom is 0.461 e. The van der Waals surface area contributed by atoms with Gasteiger partial charge >= 0.3 is 7.12 Å². The fraction of sp³-hybridized carbons (Fsp3) is 0.643. The Morgan fingerprint density at radius 3 is 2.42 bits per heavy atom. The topological polar surface area (TPSA) is 31.4 Å². The number of hydrogen-bond donors (Lipinski definition) is 0. The van der Waals surface area contributed by atoms with Crippen LogP contribution in [0.4, 0.5) is 0 Å². The fourth-order valence-electron chi connectivity index (χ4n) is 2.59. The molecule has 0 radical (unpaired) electrons. The summed E-state index contributed by atoms with van der Waals surface area (Å²) in [7, 11) is -0.117. The van der Waals surface area contributed by atoms with Crippen molar-refractivity contribution in [3.63, 3.8) is 0 Å². The first-order chi connectivity index (χ1) is 8.80. The molecule has 0 bridgehead atoms. The molecular formula is C14H19BClNO2. The van der Waals surface area contributed by atoms with Crippen LogP contribution in [0.1, 0.15) is 45.6 Å². The van der Waals surface area contributed by atoms with Crippen molar-refractivity contribution >= 4 is 18.7 Å². The van der Waals surface area contributed by atoms with E-state index in [1.165, 1.54) is 5.56 Å². The monoisotopic (exact) mass is 279 g/mol. The average molecular weight is 280 g/mol. The highest BCUT2D eigenvalue weighted by molar-refractivity contribution is 6.49. The Hall–Kier alpha value is -0.575. The second-order valence-electron chi connectivity index (χ2n) is 6.57. The van der Waals surface area contributed by atoms with Crippen molar-refractivity contribution in [3.05, 3.63) is 29.0 Å². The van der Waals surface area contributed by atoms with Gasteiger partial charge in [-0.1, -0.05) is 11.6 Å². The molecule has 1 aliphatic carbocycles. The van der Waals surface area contributed by atoms with Crippen molar-refractivity contribution in [2.24, 2.45) is 0 Å². The highest BCUT2D eigenvalue weighted by Gasteiger charge is 2.59. The van der Waals surface area contributed by atoms with Crippen LogP contribution in [0.15, 0.2) is 18.5 Å². The number of pyridine rings is 1. The van der Waals surface area contributed by atoms with Crippen LogP contribution >= 0.6 is 11.6 Å². The molecule has 0 aromatic carbocycles. The first-order valence-electron chi connectivity index (χ1n) is 6.76. The van der Waals surface area contributed by atoms with Gasteiger partial charge in [0.1, 0.15) is 0 Å². The van der Waals surface area contributed by atoms with E-state index in [0.717, 1.165) is 6.42 Å². The average Bonchev–Trinajstić information content (AvgIpc) is 3.03. The van der Waals surface area contributed by atoms with Gasteiger partial charge in [0.25, 0.3) is 0 Å². The summed E-state index contributed by atoms with van der Waals surface area (Å²) in [5.41, 5.74) is 0.682. The Bertz CT molecular complexity index is 490. The smallest absolute Gasteiger partial charge is 0.403 e. The third-order valence-corrected chi connectivity index (χ3v) is 4.82. The minimum absolute atomic E-state index is 0.117. The molecule has 1 aliphatic heterocycles. The number of rotatable bonds is 2. The first-order valence-corrected chi connectivity index (χ1v) is 7.14. The summed E-state index contributed by atoms with van der Waals surface area (Å²) in [6, 6.07) is 1.99. The summed E-state index contributed by atoms with van der Waals surface area (Å²) in [6.45, 7) is 8.35. The van der Waals surface area contributed by atoms with E-state index >= 15 is 0 Å². The van der Waals surface area contributed by atoms with Gasteiger partial charge < -0.3 is 9.31 Å². The Morgan fingerprint density at radius 1 is 1.21 bits per heavy atom. The second-order valence-corrected chi connectivity index (χ2v) is 7.00. The molecule has 2 aliphatic rings. The Labute approximate surface area is 119 Å². The third-order valence-electron chi connectivity index (χ3n) is 4.62. The van der Waals surface area contributed by atoms with Gasteiger partial charge in [-0.15, -0.1) is 0 Å². The SMILES string of the molecule is CC1(C)OB([C@H]2C[C@@H]2c2cncc(Cl)c2)OC1(C)C. The molecule has 2 fully saturated rings. The highest BCUT2D eigenvalue weighted by atomic mass is 35.5. The third kappa shape index (κ3) is 2.30. The lowest BCUT2D eigenvalue weighted by Gasteiger charge is -2.32. The summed E-state index contributed by atoms with van der Waals surface area (Å²) in [6.07, 6.45) is 4.64. The van der Waals surface area contributed by atoms with Gasteiger partial charge in [0, 0.05) is 18.2 Å². The lowest BCUT2D eigenvalue weighted by Crippen LogP contribution is -2.41. The maximum absolute atomic E-state index is 6.09. The molecule has 102 valence electrons. The van der Waals surface area contributed by atoms with Crippen LogP contribution in [0.5, 0.6) is 0 Å². The zero-order valence-corrected chi connectivity index (χ0v) is 12.6. The lowest BCUT2D eigenvalue weighted by atomic mass is 9.80. The van der Waals surface area contributed by atoms with Gasteiger partial charge in [-0.2, -0.15) is 0 Å². The van der Waals surface area contributed by atoms with Crippen LogP contribution in [0.25, 0.3) is 0 Å². The van der Waals surface area contributed by atoms with Crippen LogP contribution in [0.3, 0.4) is 0 Å². The first kappa shape index (κ1) is 13.4. The minimum atomic E-state index is -0.253. The van der Waals surface area contributed by atoms with E-state index in [1.807, 2.05) is 12.3 Å². The zero-order chi connectivity index (χ0) is 13.8. The molecule has 2 atom stereocenters. The standard InChI is InChI=1S/C14H19BClNO2/c1-13(2)14(3,4)19-15(18-13)12-6-11(12)9-5-10(16)8-17-7-9/h5,7-8,11-12H,6H2,1-4H3/t11-,12+/m1/s1. The van der Waals surface area contributed by atoms with Crippen molar-refractivity contribution in [1.29, 1.82) is 0 Å². The van der Waals surface area contributed by atoms with Gasteiger partial charge in [0.15, 0.2) is 0 Å². The molecule has 0 N–H and O–H groups in total. The van der Waals surface area contributed by atoms with E-state index in [4.69, 9.17) is 20.9 Å². The van der Waals surface area contributed by atoms with E-state index in [2.05, 4.69) is 32.7 Å². The van der Waals surface area contributed by atoms with E-state index in [9.17, 15) is 0 Å². The molecule has 1 aromatic heterocycles. The number of nitrogens with zero attached hydrogens (tertiary/aromatic N) is 1. The molecule has 0 amide bonds. The number of aromatic nitrogens is 1. The Morgan fingerprint density at radius 2 is 1.84 bits per heavy atom. The molecule has 5 heteroatoms. The van der Waals surface area contributed by atoms with Crippen LogP contribution in [-0.2, 0) is 9.31 Å². The van der Waals surface area contributed by atoms with E-state index < -0.39 is 0 Å². The molecule has 0 unspecified atom stereocenters. The summed E-state index contributed by atoms with van der Waals surface area (Å²) >= 11 is 5.99. The summed E-state index contributed by atoms with van der Waals surface area (Å²) < 4.78 is 12.2. The summed E-state index contributed by atoms with van der Waals surface area (Å²) in [5.74, 6) is 0.877. The second kappa shape index (κ2) is 4.21. The quantitative estimate of drug-likeness (QED) is 0.774. The van der Waals surface area contributed by atoms with Gasteiger partial charge in [0.05, 0.1) is 16.2 Å². The molecule has 3 rings (SSSR count). The summed E-state index contributed by atoms with van der Waals surface area (Å²) in [4.78, 5) is 4.15. The van der Waals surface area contributed by atoms with Crippen molar-refractivity contribution in [2.75, 3.05) is 0 Å². The van der Waals surface area contributed by atoms with Crippen molar-refractivity contribution < 1.29 is 9.31 Å². The molecule has 1 saturated carbocycles. The van der Waals surface area contributed by atoms with Crippen LogP contribution in [0.2, 0.25) is 10.8 Å². The van der Waals surface area contributed by atoms with Crippen molar-refractivity contribution in [1.82, 2.24) is 4.98 Å². The van der Waals surface area contributed by atoms with E-state index in [1.54, 1.807) is 6.20 Å². The summed E-state index contributed by atoms with van der Waals surface area (Å²) in [5, 5.41) is 0.692. The predicted molar refractivity (Wildman–Crippen MR) is 76.4 cm³/mol. The van der Waals surface area contributed by atoms with Crippen molar-refractivity contribution in [3.8, 4) is 0 Å². The van der Waals surface area contributed by atoms with Gasteiger partial charge in [-0.3, -0.25) is 4.98 Å². The van der Waals surface area contributed by atoms with E-state index in [0.29, 0.717) is 16.8 Å². The normalized spacial score (nSPS) is 31.5. The molecule has 3 nitrogen and oxygen atoms in total. The number of halogens is 1. The fourth-order valence-corrected chi connectivity index (χ4v) is 2.78. The lowest BCUT2D eigenvalue weighted by molar-refractivity contribution is 0.00578. The molecule has 2 heterocycles.